The van der Waals surface area contributed by atoms with Crippen LogP contribution in [0.2, 0.25) is 0 Å². The van der Waals surface area contributed by atoms with Gasteiger partial charge in [0, 0.05) is 19.0 Å². The number of hydrogen-bond acceptors (Lipinski definition) is 7. The largest absolute Gasteiger partial charge is 0.463 e. The number of esters is 1. The lowest BCUT2D eigenvalue weighted by molar-refractivity contribution is -0.152. The van der Waals surface area contributed by atoms with Crippen molar-refractivity contribution in [3.05, 3.63) is 61.2 Å². The number of nitrogens with one attached hydrogen (secondary N) is 1. The maximum Gasteiger partial charge on any atom is 0.306 e. The topological polar surface area (TPSA) is 125 Å². The first-order valence-corrected chi connectivity index (χ1v) is 14.7. The second kappa shape index (κ2) is 13.2. The van der Waals surface area contributed by atoms with Crippen LogP contribution < -0.4 is 5.32 Å². The van der Waals surface area contributed by atoms with Gasteiger partial charge in [-0.1, -0.05) is 42.5 Å². The van der Waals surface area contributed by atoms with Crippen LogP contribution in [0.15, 0.2) is 55.6 Å². The van der Waals surface area contributed by atoms with E-state index in [1.807, 2.05) is 44.2 Å². The van der Waals surface area contributed by atoms with Crippen LogP contribution in [-0.4, -0.2) is 88.2 Å². The minimum atomic E-state index is -1.18. The highest BCUT2D eigenvalue weighted by Crippen LogP contribution is 2.59. The molecule has 2 bridgehead atoms. The molecule has 10 nitrogen and oxygen atoms in total. The van der Waals surface area contributed by atoms with Crippen LogP contribution >= 0.6 is 0 Å². The van der Waals surface area contributed by atoms with E-state index in [4.69, 9.17) is 9.47 Å². The molecule has 3 aliphatic heterocycles. The van der Waals surface area contributed by atoms with Crippen LogP contribution in [0, 0.1) is 11.8 Å². The minimum Gasteiger partial charge on any atom is -0.463 e. The summed E-state index contributed by atoms with van der Waals surface area (Å²) in [4.78, 5) is 57.6. The molecule has 0 radical (unpaired) electrons. The zero-order valence-corrected chi connectivity index (χ0v) is 24.7. The summed E-state index contributed by atoms with van der Waals surface area (Å²) in [7, 11) is 0. The molecular formula is C32H43N3O7. The molecule has 0 saturated carbocycles. The van der Waals surface area contributed by atoms with Crippen LogP contribution in [0.1, 0.15) is 58.1 Å². The van der Waals surface area contributed by atoms with Crippen molar-refractivity contribution in [2.75, 3.05) is 19.8 Å². The van der Waals surface area contributed by atoms with Crippen LogP contribution in [0.3, 0.4) is 0 Å². The van der Waals surface area contributed by atoms with Crippen LogP contribution in [0.25, 0.3) is 0 Å². The number of amides is 3. The Morgan fingerprint density at radius 2 is 1.93 bits per heavy atom. The fraction of sp³-hybridized carbons (Fsp3) is 0.562. The molecule has 3 amide bonds. The maximum atomic E-state index is 14.1. The van der Waals surface area contributed by atoms with Crippen molar-refractivity contribution >= 4 is 23.7 Å². The molecule has 4 rings (SSSR count). The van der Waals surface area contributed by atoms with Gasteiger partial charge in [0.1, 0.15) is 18.2 Å². The van der Waals surface area contributed by atoms with Crippen molar-refractivity contribution in [3.63, 3.8) is 0 Å². The number of likely N-dealkylation sites (tertiary alicyclic amines) is 1. The minimum absolute atomic E-state index is 0.0760. The molecule has 1 spiro atoms. The standard InChI is InChI=1S/C32H43N3O7/c1-6-8-14-25(37)41-19-23(22-12-10-9-11-13-22)33-29(38)26-24-15-16-32(42-24)27(26)30(39)35(21(5)18-36)28(32)31(40)34(17-7-2)20(3)4/h6-7,9-13,20-21,23-24,26-28,36H,1-2,8,14-19H2,3-5H3,(H,33,38)/t21-,23-,24-,26+,27+,28-,32+/m1/s1. The second-order valence-electron chi connectivity index (χ2n) is 11.7. The van der Waals surface area contributed by atoms with Crippen LogP contribution in [0.5, 0.6) is 0 Å². The number of carbonyl (C=O) groups excluding carboxylic acids is 4. The van der Waals surface area contributed by atoms with Gasteiger partial charge in [0.2, 0.25) is 17.7 Å². The Hall–Kier alpha value is -3.50. The Morgan fingerprint density at radius 1 is 1.21 bits per heavy atom. The van der Waals surface area contributed by atoms with E-state index in [1.54, 1.807) is 24.0 Å². The number of nitrogens with zero attached hydrogens (tertiary/aromatic N) is 2. The van der Waals surface area contributed by atoms with E-state index in [9.17, 15) is 24.3 Å². The normalized spacial score (nSPS) is 27.4. The lowest BCUT2D eigenvalue weighted by atomic mass is 9.70. The van der Waals surface area contributed by atoms with Gasteiger partial charge in [-0.2, -0.15) is 0 Å². The highest BCUT2D eigenvalue weighted by molar-refractivity contribution is 5.99. The molecule has 10 heteroatoms. The highest BCUT2D eigenvalue weighted by Gasteiger charge is 2.75. The third kappa shape index (κ3) is 5.74. The van der Waals surface area contributed by atoms with Crippen molar-refractivity contribution < 1.29 is 33.8 Å². The monoisotopic (exact) mass is 581 g/mol. The molecule has 42 heavy (non-hydrogen) atoms. The zero-order chi connectivity index (χ0) is 30.6. The molecule has 7 atom stereocenters. The summed E-state index contributed by atoms with van der Waals surface area (Å²) in [6.07, 6.45) is 4.37. The van der Waals surface area contributed by atoms with Gasteiger partial charge in [-0.25, -0.2) is 0 Å². The fourth-order valence-electron chi connectivity index (χ4n) is 6.73. The molecule has 3 saturated heterocycles. The SMILES string of the molecule is C=CCCC(=O)OC[C@@H](NC(=O)[C@@H]1[C@H]2C(=O)N([C@H](C)CO)[C@H](C(=O)N(CC=C)C(C)C)[C@]23CC[C@H]1O3)c1ccccc1. The van der Waals surface area contributed by atoms with Crippen molar-refractivity contribution in [2.24, 2.45) is 11.8 Å². The van der Waals surface area contributed by atoms with Crippen molar-refractivity contribution in [2.45, 2.75) is 82.3 Å². The number of aliphatic hydroxyl groups is 1. The van der Waals surface area contributed by atoms with E-state index in [1.165, 1.54) is 4.90 Å². The van der Waals surface area contributed by atoms with Crippen molar-refractivity contribution in [3.8, 4) is 0 Å². The van der Waals surface area contributed by atoms with Gasteiger partial charge in [-0.05, 0) is 45.6 Å². The summed E-state index contributed by atoms with van der Waals surface area (Å²) < 4.78 is 12.0. The number of carbonyl (C=O) groups is 4. The number of benzene rings is 1. The van der Waals surface area contributed by atoms with Crippen molar-refractivity contribution in [1.82, 2.24) is 15.1 Å². The predicted molar refractivity (Wildman–Crippen MR) is 156 cm³/mol. The summed E-state index contributed by atoms with van der Waals surface area (Å²) in [5, 5.41) is 13.1. The average molecular weight is 582 g/mol. The van der Waals surface area contributed by atoms with Crippen molar-refractivity contribution in [1.29, 1.82) is 0 Å². The maximum absolute atomic E-state index is 14.1. The predicted octanol–water partition coefficient (Wildman–Crippen LogP) is 2.53. The third-order valence-electron chi connectivity index (χ3n) is 8.73. The molecule has 3 aliphatic rings. The number of allylic oxidation sites excluding steroid dienone is 1. The Bertz CT molecular complexity index is 1190. The number of rotatable bonds is 14. The van der Waals surface area contributed by atoms with E-state index >= 15 is 0 Å². The molecule has 0 unspecified atom stereocenters. The first-order valence-electron chi connectivity index (χ1n) is 14.7. The molecule has 0 aliphatic carbocycles. The summed E-state index contributed by atoms with van der Waals surface area (Å²) >= 11 is 0. The zero-order valence-electron chi connectivity index (χ0n) is 24.7. The van der Waals surface area contributed by atoms with Crippen LogP contribution in [-0.2, 0) is 28.7 Å². The first-order chi connectivity index (χ1) is 20.1. The first kappa shape index (κ1) is 31.4. The van der Waals surface area contributed by atoms with Gasteiger partial charge in [-0.3, -0.25) is 19.2 Å². The Morgan fingerprint density at radius 3 is 2.55 bits per heavy atom. The van der Waals surface area contributed by atoms with Gasteiger partial charge in [0.05, 0.1) is 36.6 Å². The quantitative estimate of drug-likeness (QED) is 0.256. The Kier molecular flexibility index (Phi) is 9.89. The molecule has 2 N–H and O–H groups in total. The van der Waals surface area contributed by atoms with E-state index < -0.39 is 53.5 Å². The molecule has 228 valence electrons. The Labute approximate surface area is 247 Å². The van der Waals surface area contributed by atoms with Gasteiger partial charge in [-0.15, -0.1) is 13.2 Å². The van der Waals surface area contributed by atoms with Gasteiger partial charge < -0.3 is 29.7 Å². The number of fused-ring (bicyclic) bond motifs is 1. The number of ether oxygens (including phenoxy) is 2. The molecule has 3 heterocycles. The lowest BCUT2D eigenvalue weighted by Gasteiger charge is -2.39. The molecule has 0 aromatic heterocycles. The summed E-state index contributed by atoms with van der Waals surface area (Å²) in [5.41, 5.74) is -0.433. The highest BCUT2D eigenvalue weighted by atomic mass is 16.5. The number of aliphatic hydroxyl groups excluding tert-OH is 1. The van der Waals surface area contributed by atoms with E-state index in [0.717, 1.165) is 5.56 Å². The average Bonchev–Trinajstić information content (AvgIpc) is 3.63. The number of hydrogen-bond donors (Lipinski definition) is 2. The Balaban J connectivity index is 1.64. The molecule has 3 fully saturated rings. The van der Waals surface area contributed by atoms with E-state index in [2.05, 4.69) is 18.5 Å². The smallest absolute Gasteiger partial charge is 0.306 e. The third-order valence-corrected chi connectivity index (χ3v) is 8.73. The fourth-order valence-corrected chi connectivity index (χ4v) is 6.73. The van der Waals surface area contributed by atoms with Crippen LogP contribution in [0.4, 0.5) is 0 Å². The van der Waals surface area contributed by atoms with E-state index in [-0.39, 0.29) is 37.5 Å². The van der Waals surface area contributed by atoms with Gasteiger partial charge >= 0.3 is 5.97 Å². The van der Waals surface area contributed by atoms with E-state index in [0.29, 0.717) is 25.8 Å². The van der Waals surface area contributed by atoms with Gasteiger partial charge in [0.25, 0.3) is 0 Å². The molecule has 1 aromatic carbocycles. The summed E-state index contributed by atoms with van der Waals surface area (Å²) in [6.45, 7) is 12.8. The second-order valence-corrected chi connectivity index (χ2v) is 11.7. The lowest BCUT2D eigenvalue weighted by Crippen LogP contribution is -2.59. The summed E-state index contributed by atoms with van der Waals surface area (Å²) in [6, 6.07) is 6.75. The molecular weight excluding hydrogens is 538 g/mol. The summed E-state index contributed by atoms with van der Waals surface area (Å²) in [5.74, 6) is -3.17. The molecule has 1 aromatic rings. The van der Waals surface area contributed by atoms with Gasteiger partial charge in [0.15, 0.2) is 0 Å².